The Hall–Kier alpha value is -2.40. The van der Waals surface area contributed by atoms with Crippen LogP contribution in [0, 0.1) is 5.82 Å². The van der Waals surface area contributed by atoms with Crippen LogP contribution in [0.25, 0.3) is 0 Å². The van der Waals surface area contributed by atoms with Gasteiger partial charge in [-0.3, -0.25) is 4.79 Å². The van der Waals surface area contributed by atoms with Gasteiger partial charge >= 0.3 is 0 Å². The summed E-state index contributed by atoms with van der Waals surface area (Å²) in [4.78, 5) is 13.7. The Kier molecular flexibility index (Phi) is 5.71. The summed E-state index contributed by atoms with van der Waals surface area (Å²) in [7, 11) is 3.25. The van der Waals surface area contributed by atoms with Gasteiger partial charge in [0.25, 0.3) is 0 Å². The van der Waals surface area contributed by atoms with Gasteiger partial charge in [0.2, 0.25) is 5.91 Å². The van der Waals surface area contributed by atoms with E-state index in [4.69, 9.17) is 4.74 Å². The van der Waals surface area contributed by atoms with Gasteiger partial charge in [-0.1, -0.05) is 24.3 Å². The molecule has 0 aromatic heterocycles. The summed E-state index contributed by atoms with van der Waals surface area (Å²) < 4.78 is 18.3. The van der Waals surface area contributed by atoms with Crippen LogP contribution < -0.4 is 4.74 Å². The SMILES string of the molecule is COc1cccc(CN(C)C(=O)C[C@H](O)c2cccc(F)c2)c1. The largest absolute Gasteiger partial charge is 0.497 e. The molecule has 0 heterocycles. The van der Waals surface area contributed by atoms with Crippen molar-refractivity contribution >= 4 is 5.91 Å². The van der Waals surface area contributed by atoms with Crippen LogP contribution in [0.4, 0.5) is 4.39 Å². The van der Waals surface area contributed by atoms with Crippen LogP contribution in [0.1, 0.15) is 23.7 Å². The number of halogens is 1. The minimum absolute atomic E-state index is 0.0933. The standard InChI is InChI=1S/C18H20FNO3/c1-20(12-13-5-3-8-16(9-13)23-2)18(22)11-17(21)14-6-4-7-15(19)10-14/h3-10,17,21H,11-12H2,1-2H3/t17-/m0/s1. The van der Waals surface area contributed by atoms with Crippen molar-refractivity contribution < 1.29 is 19.0 Å². The molecule has 0 radical (unpaired) electrons. The first kappa shape index (κ1) is 17.0. The molecule has 1 atom stereocenters. The maximum absolute atomic E-state index is 13.2. The van der Waals surface area contributed by atoms with Gasteiger partial charge in [0.1, 0.15) is 11.6 Å². The van der Waals surface area contributed by atoms with Gasteiger partial charge in [-0.05, 0) is 35.4 Å². The third-order valence-corrected chi connectivity index (χ3v) is 3.58. The van der Waals surface area contributed by atoms with Gasteiger partial charge in [-0.25, -0.2) is 4.39 Å². The predicted molar refractivity (Wildman–Crippen MR) is 85.4 cm³/mol. The zero-order chi connectivity index (χ0) is 16.8. The number of rotatable bonds is 6. The molecule has 0 unspecified atom stereocenters. The summed E-state index contributed by atoms with van der Waals surface area (Å²) >= 11 is 0. The average molecular weight is 317 g/mol. The number of carbonyl (C=O) groups is 1. The van der Waals surface area contributed by atoms with E-state index < -0.39 is 11.9 Å². The number of carbonyl (C=O) groups excluding carboxylic acids is 1. The van der Waals surface area contributed by atoms with E-state index in [1.807, 2.05) is 24.3 Å². The van der Waals surface area contributed by atoms with Gasteiger partial charge in [-0.2, -0.15) is 0 Å². The first-order chi connectivity index (χ1) is 11.0. The highest BCUT2D eigenvalue weighted by Crippen LogP contribution is 2.19. The zero-order valence-electron chi connectivity index (χ0n) is 13.2. The van der Waals surface area contributed by atoms with E-state index in [-0.39, 0.29) is 12.3 Å². The molecule has 2 aromatic carbocycles. The Morgan fingerprint density at radius 2 is 2.00 bits per heavy atom. The number of ether oxygens (including phenoxy) is 1. The summed E-state index contributed by atoms with van der Waals surface area (Å²) in [5.74, 6) is 0.0754. The normalized spacial score (nSPS) is 11.8. The van der Waals surface area contributed by atoms with E-state index in [0.29, 0.717) is 12.1 Å². The summed E-state index contributed by atoms with van der Waals surface area (Å²) in [5.41, 5.74) is 1.33. The smallest absolute Gasteiger partial charge is 0.225 e. The van der Waals surface area contributed by atoms with E-state index in [1.54, 1.807) is 20.2 Å². The predicted octanol–water partition coefficient (Wildman–Crippen LogP) is 2.92. The number of hydrogen-bond donors (Lipinski definition) is 1. The topological polar surface area (TPSA) is 49.8 Å². The van der Waals surface area contributed by atoms with Crippen LogP contribution in [0.3, 0.4) is 0 Å². The summed E-state index contributed by atoms with van der Waals surface area (Å²) in [5, 5.41) is 10.1. The first-order valence-corrected chi connectivity index (χ1v) is 7.30. The Morgan fingerprint density at radius 3 is 2.70 bits per heavy atom. The number of aliphatic hydroxyl groups is 1. The second-order valence-electron chi connectivity index (χ2n) is 5.38. The van der Waals surface area contributed by atoms with E-state index >= 15 is 0 Å². The fraction of sp³-hybridized carbons (Fsp3) is 0.278. The lowest BCUT2D eigenvalue weighted by Gasteiger charge is -2.20. The van der Waals surface area contributed by atoms with Crippen molar-refractivity contribution in [1.82, 2.24) is 4.90 Å². The third-order valence-electron chi connectivity index (χ3n) is 3.58. The average Bonchev–Trinajstić information content (AvgIpc) is 2.54. The minimum Gasteiger partial charge on any atom is -0.497 e. The highest BCUT2D eigenvalue weighted by atomic mass is 19.1. The van der Waals surface area contributed by atoms with Crippen LogP contribution >= 0.6 is 0 Å². The van der Waals surface area contributed by atoms with Crippen molar-refractivity contribution in [2.75, 3.05) is 14.2 Å². The lowest BCUT2D eigenvalue weighted by molar-refractivity contribution is -0.132. The number of aliphatic hydroxyl groups excluding tert-OH is 1. The Labute approximate surface area is 135 Å². The highest BCUT2D eigenvalue weighted by molar-refractivity contribution is 5.76. The van der Waals surface area contributed by atoms with Crippen molar-refractivity contribution in [3.8, 4) is 5.75 Å². The second-order valence-corrected chi connectivity index (χ2v) is 5.38. The summed E-state index contributed by atoms with van der Waals surface area (Å²) in [6.45, 7) is 0.409. The molecule has 1 N–H and O–H groups in total. The van der Waals surface area contributed by atoms with E-state index in [0.717, 1.165) is 11.3 Å². The quantitative estimate of drug-likeness (QED) is 0.891. The number of benzene rings is 2. The fourth-order valence-electron chi connectivity index (χ4n) is 2.29. The van der Waals surface area contributed by atoms with E-state index in [9.17, 15) is 14.3 Å². The third kappa shape index (κ3) is 4.79. The van der Waals surface area contributed by atoms with Crippen molar-refractivity contribution in [2.45, 2.75) is 19.1 Å². The van der Waals surface area contributed by atoms with Gasteiger partial charge in [-0.15, -0.1) is 0 Å². The molecule has 5 heteroatoms. The fourth-order valence-corrected chi connectivity index (χ4v) is 2.29. The van der Waals surface area contributed by atoms with Crippen LogP contribution in [0.5, 0.6) is 5.75 Å². The molecule has 0 saturated carbocycles. The summed E-state index contributed by atoms with van der Waals surface area (Å²) in [6, 6.07) is 13.1. The molecule has 0 fully saturated rings. The van der Waals surface area contributed by atoms with Crippen LogP contribution in [-0.4, -0.2) is 30.1 Å². The molecule has 1 amide bonds. The van der Waals surface area contributed by atoms with Crippen LogP contribution in [-0.2, 0) is 11.3 Å². The van der Waals surface area contributed by atoms with Crippen molar-refractivity contribution in [2.24, 2.45) is 0 Å². The molecule has 0 spiro atoms. The molecule has 2 rings (SSSR count). The molecule has 0 aliphatic rings. The Morgan fingerprint density at radius 1 is 1.26 bits per heavy atom. The number of methoxy groups -OCH3 is 1. The van der Waals surface area contributed by atoms with Crippen molar-refractivity contribution in [3.63, 3.8) is 0 Å². The molecular weight excluding hydrogens is 297 g/mol. The Bertz CT molecular complexity index is 675. The number of hydrogen-bond acceptors (Lipinski definition) is 3. The number of nitrogens with zero attached hydrogens (tertiary/aromatic N) is 1. The molecule has 2 aromatic rings. The molecule has 23 heavy (non-hydrogen) atoms. The van der Waals surface area contributed by atoms with Gasteiger partial charge < -0.3 is 14.7 Å². The molecule has 0 bridgehead atoms. The first-order valence-electron chi connectivity index (χ1n) is 7.30. The maximum atomic E-state index is 13.2. The minimum atomic E-state index is -1.02. The second kappa shape index (κ2) is 7.74. The van der Waals surface area contributed by atoms with E-state index in [1.165, 1.54) is 23.1 Å². The monoisotopic (exact) mass is 317 g/mol. The molecule has 0 aliphatic carbocycles. The lowest BCUT2D eigenvalue weighted by Crippen LogP contribution is -2.27. The van der Waals surface area contributed by atoms with E-state index in [2.05, 4.69) is 0 Å². The van der Waals surface area contributed by atoms with Crippen molar-refractivity contribution in [1.29, 1.82) is 0 Å². The number of amides is 1. The molecule has 0 saturated heterocycles. The molecule has 122 valence electrons. The van der Waals surface area contributed by atoms with Gasteiger partial charge in [0, 0.05) is 13.6 Å². The van der Waals surface area contributed by atoms with Gasteiger partial charge in [0.15, 0.2) is 0 Å². The zero-order valence-corrected chi connectivity index (χ0v) is 13.2. The maximum Gasteiger partial charge on any atom is 0.225 e. The van der Waals surface area contributed by atoms with Crippen LogP contribution in [0.2, 0.25) is 0 Å². The molecular formula is C18H20FNO3. The molecule has 0 aliphatic heterocycles. The van der Waals surface area contributed by atoms with Gasteiger partial charge in [0.05, 0.1) is 19.6 Å². The van der Waals surface area contributed by atoms with Crippen molar-refractivity contribution in [3.05, 3.63) is 65.5 Å². The Balaban J connectivity index is 1.96. The highest BCUT2D eigenvalue weighted by Gasteiger charge is 2.17. The lowest BCUT2D eigenvalue weighted by atomic mass is 10.1. The molecule has 4 nitrogen and oxygen atoms in total. The summed E-state index contributed by atoms with van der Waals surface area (Å²) in [6.07, 6.45) is -1.12. The van der Waals surface area contributed by atoms with Crippen LogP contribution in [0.15, 0.2) is 48.5 Å².